The number of aliphatic hydroxyl groups is 4. The first kappa shape index (κ1) is 67.9. The van der Waals surface area contributed by atoms with Crippen LogP contribution in [0.15, 0.2) is 11.6 Å². The summed E-state index contributed by atoms with van der Waals surface area (Å²) in [5.41, 5.74) is 0.260. The highest BCUT2D eigenvalue weighted by Gasteiger charge is 2.55. The van der Waals surface area contributed by atoms with Gasteiger partial charge in [0.1, 0.15) is 30.5 Å². The van der Waals surface area contributed by atoms with Gasteiger partial charge in [-0.3, -0.25) is 13.2 Å². The Labute approximate surface area is 445 Å². The summed E-state index contributed by atoms with van der Waals surface area (Å²) in [5, 5.41) is 67.7. The van der Waals surface area contributed by atoms with E-state index in [0.29, 0.717) is 6.42 Å². The van der Waals surface area contributed by atoms with Crippen molar-refractivity contribution in [2.45, 2.75) is 288 Å². The number of unbranched alkanes of at least 4 members (excludes halogenated alkanes) is 27. The first-order chi connectivity index (χ1) is 35.6. The lowest BCUT2D eigenvalue weighted by molar-refractivity contribution is -0.436. The van der Waals surface area contributed by atoms with Crippen LogP contribution < -0.4 is 0 Å². The fourth-order valence-electron chi connectivity index (χ4n) is 9.36. The zero-order valence-electron chi connectivity index (χ0n) is 44.6. The predicted octanol–water partition coefficient (Wildman–Crippen LogP) is 11.4. The molecule has 19 nitrogen and oxygen atoms in total. The van der Waals surface area contributed by atoms with Crippen molar-refractivity contribution in [1.82, 2.24) is 0 Å². The molecule has 0 spiro atoms. The Kier molecular flexibility index (Phi) is 41.6. The lowest BCUT2D eigenvalue weighted by Gasteiger charge is -2.46. The van der Waals surface area contributed by atoms with Crippen LogP contribution in [0.2, 0.25) is 0 Å². The Hall–Kier alpha value is -1.22. The average molecular weight is 1090 g/mol. The first-order valence-corrected chi connectivity index (χ1v) is 29.1. The number of allylic oxidation sites excluding steroid dienone is 1. The molecule has 0 aromatic carbocycles. The number of ether oxygens (including phenoxy) is 5. The first-order valence-electron chi connectivity index (χ1n) is 27.8. The minimum Gasteiger partial charge on any atom is -0.453 e. The van der Waals surface area contributed by atoms with Crippen LogP contribution in [0.3, 0.4) is 0 Å². The summed E-state index contributed by atoms with van der Waals surface area (Å²) < 4.78 is 49.4. The van der Waals surface area contributed by atoms with Gasteiger partial charge in [0.15, 0.2) is 49.2 Å². The quantitative estimate of drug-likeness (QED) is 0.00827. The van der Waals surface area contributed by atoms with Crippen LogP contribution in [-0.2, 0) is 60.4 Å². The number of hydrogen-bond acceptors (Lipinski definition) is 21. The van der Waals surface area contributed by atoms with E-state index in [-0.39, 0.29) is 42.6 Å². The Bertz CT molecular complexity index is 1370. The normalized spacial score (nSPS) is 25.0. The third-order valence-electron chi connectivity index (χ3n) is 13.6. The zero-order valence-corrected chi connectivity index (χ0v) is 46.2. The molecule has 2 rings (SSSR count). The van der Waals surface area contributed by atoms with Crippen LogP contribution in [0.1, 0.15) is 227 Å². The summed E-state index contributed by atoms with van der Waals surface area (Å²) in [5.74, 6) is -1.47. The highest BCUT2D eigenvalue weighted by atomic mass is 32.2. The minimum atomic E-state index is -1.76. The molecule has 2 aliphatic rings. The molecule has 2 saturated heterocycles. The maximum Gasteiger partial charge on any atom is 0.333 e. The average Bonchev–Trinajstić information content (AvgIpc) is 3.38. The second kappa shape index (κ2) is 44.7. The molecule has 11 atom stereocenters. The van der Waals surface area contributed by atoms with E-state index in [1.54, 1.807) is 6.92 Å². The van der Waals surface area contributed by atoms with Crippen molar-refractivity contribution in [2.75, 3.05) is 13.2 Å². The molecule has 0 saturated carbocycles. The number of rotatable bonds is 47. The SMILES string of the molecule is CCCCCCCCCCCCCCCCCC[C@H](C)/C=C(\C)C(=O)OC1C(O)C(CO)OC(OC2OC(CO)C(O)C(OSOOO)C2OSOOO)C1OC(=O)CCCCCCCCCCCCCCC. The topological polar surface area (TPSA) is 257 Å². The summed E-state index contributed by atoms with van der Waals surface area (Å²) in [7, 11) is 0. The standard InChI is InChI=1S/C52H96O19S2/c1-5-7-9-11-13-15-17-19-20-21-23-24-26-28-30-32-34-39(3)36-40(4)50(58)64-46-44(56)41(37-53)61-51(48(46)63-43(55)35-33-31-29-27-25-22-18-16-14-12-10-8-6-2)65-52-49(67-73-71-69-60)47(66-72-70-68-59)45(57)42(38-54)62-52/h36,39,41-42,44-49,51-54,56-57,59-60H,5-35,37-38H2,1-4H3/b40-36+/t39-,41?,42?,44?,45?,46?,47?,48?,49?,51?,52?/m0/s1. The number of carbonyl (C=O) groups is 2. The Morgan fingerprint density at radius 3 is 1.34 bits per heavy atom. The molecule has 0 bridgehead atoms. The Morgan fingerprint density at radius 2 is 0.918 bits per heavy atom. The van der Waals surface area contributed by atoms with Gasteiger partial charge in [-0.15, -0.1) is 8.67 Å². The van der Waals surface area contributed by atoms with Gasteiger partial charge in [-0.05, 0) is 25.7 Å². The fraction of sp³-hybridized carbons (Fsp3) is 0.923. The summed E-state index contributed by atoms with van der Waals surface area (Å²) in [6, 6.07) is 0. The molecule has 0 aromatic heterocycles. The number of esters is 2. The molecule has 2 heterocycles. The van der Waals surface area contributed by atoms with Gasteiger partial charge < -0.3 is 44.1 Å². The van der Waals surface area contributed by atoms with Crippen molar-refractivity contribution in [3.05, 3.63) is 11.6 Å². The highest BCUT2D eigenvalue weighted by molar-refractivity contribution is 7.90. The van der Waals surface area contributed by atoms with Gasteiger partial charge in [-0.2, -0.15) is 0 Å². The van der Waals surface area contributed by atoms with Crippen molar-refractivity contribution < 1.29 is 91.3 Å². The molecule has 73 heavy (non-hydrogen) atoms. The van der Waals surface area contributed by atoms with Crippen LogP contribution in [0.25, 0.3) is 0 Å². The van der Waals surface area contributed by atoms with Gasteiger partial charge in [-0.25, -0.2) is 15.3 Å². The van der Waals surface area contributed by atoms with Crippen molar-refractivity contribution in [1.29, 1.82) is 0 Å². The summed E-state index contributed by atoms with van der Waals surface area (Å²) in [6.07, 6.45) is 21.4. The second-order valence-electron chi connectivity index (χ2n) is 19.8. The van der Waals surface area contributed by atoms with E-state index < -0.39 is 86.6 Å². The predicted molar refractivity (Wildman–Crippen MR) is 276 cm³/mol. The Morgan fingerprint density at radius 1 is 0.534 bits per heavy atom. The molecule has 6 N–H and O–H groups in total. The molecule has 0 aliphatic carbocycles. The van der Waals surface area contributed by atoms with E-state index >= 15 is 0 Å². The van der Waals surface area contributed by atoms with E-state index in [1.807, 2.05) is 13.0 Å². The van der Waals surface area contributed by atoms with Gasteiger partial charge in [-0.1, -0.05) is 217 Å². The minimum absolute atomic E-state index is 0.0172. The van der Waals surface area contributed by atoms with Gasteiger partial charge in [0.25, 0.3) is 0 Å². The molecule has 430 valence electrons. The zero-order chi connectivity index (χ0) is 53.3. The molecular weight excluding hydrogens is 993 g/mol. The monoisotopic (exact) mass is 1090 g/mol. The molecule has 0 aromatic rings. The summed E-state index contributed by atoms with van der Waals surface area (Å²) in [4.78, 5) is 27.5. The van der Waals surface area contributed by atoms with Crippen molar-refractivity contribution >= 4 is 36.6 Å². The van der Waals surface area contributed by atoms with Crippen molar-refractivity contribution in [2.24, 2.45) is 5.92 Å². The van der Waals surface area contributed by atoms with Crippen LogP contribution in [0.5, 0.6) is 0 Å². The lowest BCUT2D eigenvalue weighted by atomic mass is 9.97. The lowest BCUT2D eigenvalue weighted by Crippen LogP contribution is -2.65. The van der Waals surface area contributed by atoms with Crippen molar-refractivity contribution in [3.8, 4) is 0 Å². The van der Waals surface area contributed by atoms with Crippen LogP contribution in [-0.4, -0.2) is 118 Å². The second-order valence-corrected chi connectivity index (χ2v) is 20.8. The largest absolute Gasteiger partial charge is 0.453 e. The molecule has 21 heteroatoms. The van der Waals surface area contributed by atoms with Crippen LogP contribution in [0.4, 0.5) is 0 Å². The van der Waals surface area contributed by atoms with E-state index in [4.69, 9.17) is 42.6 Å². The number of hydrogen-bond donors (Lipinski definition) is 6. The number of carbonyl (C=O) groups excluding carboxylic acids is 2. The third kappa shape index (κ3) is 29.9. The molecular formula is C52H96O19S2. The maximum atomic E-state index is 13.8. The third-order valence-corrected chi connectivity index (χ3v) is 14.5. The molecule has 2 fully saturated rings. The summed E-state index contributed by atoms with van der Waals surface area (Å²) in [6.45, 7) is 6.52. The molecule has 2 aliphatic heterocycles. The van der Waals surface area contributed by atoms with Gasteiger partial charge >= 0.3 is 11.9 Å². The Balaban J connectivity index is 2.12. The maximum absolute atomic E-state index is 13.8. The smallest absolute Gasteiger partial charge is 0.333 e. The molecule has 10 unspecified atom stereocenters. The molecule has 0 amide bonds. The van der Waals surface area contributed by atoms with Crippen LogP contribution in [0, 0.1) is 5.92 Å². The molecule has 0 radical (unpaired) electrons. The fourth-order valence-corrected chi connectivity index (χ4v) is 10.1. The van der Waals surface area contributed by atoms with E-state index in [9.17, 15) is 30.0 Å². The van der Waals surface area contributed by atoms with Crippen LogP contribution >= 0.6 is 24.6 Å². The number of aliphatic hydroxyl groups excluding tert-OH is 4. The van der Waals surface area contributed by atoms with Gasteiger partial charge in [0, 0.05) is 12.0 Å². The van der Waals surface area contributed by atoms with Gasteiger partial charge in [0.05, 0.1) is 13.2 Å². The highest BCUT2D eigenvalue weighted by Crippen LogP contribution is 2.36. The summed E-state index contributed by atoms with van der Waals surface area (Å²) >= 11 is 0.113. The van der Waals surface area contributed by atoms with E-state index in [0.717, 1.165) is 51.4 Å². The van der Waals surface area contributed by atoms with Gasteiger partial charge in [0.2, 0.25) is 6.29 Å². The van der Waals surface area contributed by atoms with Crippen molar-refractivity contribution in [3.63, 3.8) is 0 Å². The van der Waals surface area contributed by atoms with E-state index in [1.165, 1.54) is 135 Å². The van der Waals surface area contributed by atoms with E-state index in [2.05, 4.69) is 32.6 Å².